The van der Waals surface area contributed by atoms with Crippen molar-refractivity contribution in [2.24, 2.45) is 52.3 Å². The van der Waals surface area contributed by atoms with Gasteiger partial charge in [-0.15, -0.1) is 0 Å². The minimum Gasteiger partial charge on any atom is -0.466 e. The molecule has 0 aromatic rings. The Hall–Kier alpha value is -0.570. The molecule has 3 nitrogen and oxygen atoms in total. The lowest BCUT2D eigenvalue weighted by Crippen LogP contribution is -2.53. The van der Waals surface area contributed by atoms with Crippen LogP contribution in [-0.2, 0) is 9.53 Å². The summed E-state index contributed by atoms with van der Waals surface area (Å²) >= 11 is 0. The Balaban J connectivity index is 1.40. The van der Waals surface area contributed by atoms with E-state index in [0.717, 1.165) is 42.4 Å². The van der Waals surface area contributed by atoms with E-state index in [4.69, 9.17) is 4.74 Å². The van der Waals surface area contributed by atoms with E-state index in [-0.39, 0.29) is 11.9 Å². The van der Waals surface area contributed by atoms with Crippen molar-refractivity contribution in [3.05, 3.63) is 0 Å². The van der Waals surface area contributed by atoms with Crippen LogP contribution in [0.1, 0.15) is 125 Å². The summed E-state index contributed by atoms with van der Waals surface area (Å²) in [6, 6.07) is 0. The van der Waals surface area contributed by atoms with Gasteiger partial charge in [-0.2, -0.15) is 0 Å². The van der Waals surface area contributed by atoms with E-state index >= 15 is 0 Å². The fraction of sp³-hybridized carbons (Fsp3) is 0.968. The fourth-order valence-corrected chi connectivity index (χ4v) is 10.0. The van der Waals surface area contributed by atoms with Gasteiger partial charge in [0.2, 0.25) is 0 Å². The Kier molecular flexibility index (Phi) is 7.84. The van der Waals surface area contributed by atoms with E-state index < -0.39 is 5.60 Å². The quantitative estimate of drug-likeness (QED) is 0.365. The fourth-order valence-electron chi connectivity index (χ4n) is 10.0. The summed E-state index contributed by atoms with van der Waals surface area (Å²) in [6.45, 7) is 13.8. The van der Waals surface area contributed by atoms with Crippen LogP contribution >= 0.6 is 0 Å². The molecule has 0 heterocycles. The van der Waals surface area contributed by atoms with Gasteiger partial charge in [-0.3, -0.25) is 4.79 Å². The second kappa shape index (κ2) is 10.1. The van der Waals surface area contributed by atoms with Crippen LogP contribution in [0.25, 0.3) is 0 Å². The van der Waals surface area contributed by atoms with Gasteiger partial charge in [0.25, 0.3) is 0 Å². The molecule has 4 fully saturated rings. The number of carbonyl (C=O) groups excluding carboxylic acids is 1. The smallest absolute Gasteiger partial charge is 0.302 e. The van der Waals surface area contributed by atoms with Crippen molar-refractivity contribution in [3.8, 4) is 0 Å². The minimum absolute atomic E-state index is 0.170. The van der Waals surface area contributed by atoms with Crippen LogP contribution in [0.3, 0.4) is 0 Å². The van der Waals surface area contributed by atoms with Crippen molar-refractivity contribution in [3.63, 3.8) is 0 Å². The van der Waals surface area contributed by atoms with Crippen molar-refractivity contribution in [2.45, 2.75) is 131 Å². The molecule has 0 aromatic heterocycles. The Bertz CT molecular complexity index is 717. The average molecular weight is 475 g/mol. The van der Waals surface area contributed by atoms with Crippen molar-refractivity contribution < 1.29 is 14.6 Å². The SMILES string of the molecule is CC(=O)OCC[C@@](O)(CC[C@@H](C)[C@H]1CC[C@H]2[C@@H]3CCC4CCCC[C@]4(C)[C@H]3CC[C@]12C)C(C)C. The van der Waals surface area contributed by atoms with Gasteiger partial charge in [-0.05, 0) is 116 Å². The van der Waals surface area contributed by atoms with Crippen LogP contribution in [0.4, 0.5) is 0 Å². The van der Waals surface area contributed by atoms with E-state index in [0.29, 0.717) is 29.8 Å². The number of aliphatic hydroxyl groups is 1. The second-order valence-corrected chi connectivity index (χ2v) is 14.0. The second-order valence-electron chi connectivity index (χ2n) is 14.0. The molecule has 0 bridgehead atoms. The average Bonchev–Trinajstić information content (AvgIpc) is 3.14. The van der Waals surface area contributed by atoms with Crippen molar-refractivity contribution in [1.82, 2.24) is 0 Å². The zero-order valence-corrected chi connectivity index (χ0v) is 23.2. The summed E-state index contributed by atoms with van der Waals surface area (Å²) in [5, 5.41) is 11.4. The highest BCUT2D eigenvalue weighted by atomic mass is 16.5. The third-order valence-corrected chi connectivity index (χ3v) is 12.3. The monoisotopic (exact) mass is 474 g/mol. The minimum atomic E-state index is -0.742. The number of esters is 1. The van der Waals surface area contributed by atoms with Crippen LogP contribution < -0.4 is 0 Å². The molecule has 0 amide bonds. The first-order valence-electron chi connectivity index (χ1n) is 14.9. The highest BCUT2D eigenvalue weighted by molar-refractivity contribution is 5.65. The molecular weight excluding hydrogens is 420 g/mol. The lowest BCUT2D eigenvalue weighted by molar-refractivity contribution is -0.143. The molecule has 4 saturated carbocycles. The predicted molar refractivity (Wildman–Crippen MR) is 139 cm³/mol. The first-order chi connectivity index (χ1) is 16.0. The number of rotatable bonds is 8. The molecule has 1 unspecified atom stereocenters. The largest absolute Gasteiger partial charge is 0.466 e. The molecule has 4 aliphatic rings. The van der Waals surface area contributed by atoms with Gasteiger partial charge in [-0.25, -0.2) is 0 Å². The number of ether oxygens (including phenoxy) is 1. The molecule has 0 aliphatic heterocycles. The molecule has 9 atom stereocenters. The Labute approximate surface area is 210 Å². The molecule has 196 valence electrons. The number of hydrogen-bond donors (Lipinski definition) is 1. The molecule has 0 spiro atoms. The topological polar surface area (TPSA) is 46.5 Å². The highest BCUT2D eigenvalue weighted by Crippen LogP contribution is 2.68. The normalized spacial score (nSPS) is 42.3. The van der Waals surface area contributed by atoms with Gasteiger partial charge < -0.3 is 9.84 Å². The summed E-state index contributed by atoms with van der Waals surface area (Å²) < 4.78 is 5.18. The van der Waals surface area contributed by atoms with E-state index in [1.165, 1.54) is 71.1 Å². The van der Waals surface area contributed by atoms with Gasteiger partial charge in [0.1, 0.15) is 0 Å². The van der Waals surface area contributed by atoms with E-state index in [9.17, 15) is 9.90 Å². The first-order valence-corrected chi connectivity index (χ1v) is 14.9. The summed E-state index contributed by atoms with van der Waals surface area (Å²) in [4.78, 5) is 11.2. The summed E-state index contributed by atoms with van der Waals surface area (Å²) in [5.41, 5.74) is 0.377. The maximum Gasteiger partial charge on any atom is 0.302 e. The number of fused-ring (bicyclic) bond motifs is 5. The van der Waals surface area contributed by atoms with Crippen LogP contribution in [-0.4, -0.2) is 23.3 Å². The maximum absolute atomic E-state index is 11.4. The molecule has 34 heavy (non-hydrogen) atoms. The van der Waals surface area contributed by atoms with Crippen molar-refractivity contribution in [1.29, 1.82) is 0 Å². The molecule has 4 rings (SSSR count). The van der Waals surface area contributed by atoms with Gasteiger partial charge in [-0.1, -0.05) is 47.5 Å². The molecule has 0 aromatic carbocycles. The van der Waals surface area contributed by atoms with Crippen LogP contribution in [0.15, 0.2) is 0 Å². The lowest BCUT2D eigenvalue weighted by atomic mass is 9.44. The van der Waals surface area contributed by atoms with Gasteiger partial charge in [0.15, 0.2) is 0 Å². The zero-order chi connectivity index (χ0) is 24.7. The summed E-state index contributed by atoms with van der Waals surface area (Å²) in [7, 11) is 0. The first kappa shape index (κ1) is 26.5. The number of carbonyl (C=O) groups is 1. The van der Waals surface area contributed by atoms with E-state index in [2.05, 4.69) is 34.6 Å². The molecule has 3 heteroatoms. The summed E-state index contributed by atoms with van der Waals surface area (Å²) in [5.74, 6) is 5.22. The summed E-state index contributed by atoms with van der Waals surface area (Å²) in [6.07, 6.45) is 17.1. The molecular formula is C31H54O3. The van der Waals surface area contributed by atoms with Crippen molar-refractivity contribution >= 4 is 5.97 Å². The molecule has 0 radical (unpaired) electrons. The van der Waals surface area contributed by atoms with Crippen LogP contribution in [0.2, 0.25) is 0 Å². The lowest BCUT2D eigenvalue weighted by Gasteiger charge is -2.61. The van der Waals surface area contributed by atoms with Gasteiger partial charge in [0.05, 0.1) is 12.2 Å². The van der Waals surface area contributed by atoms with Gasteiger partial charge in [0, 0.05) is 13.3 Å². The van der Waals surface area contributed by atoms with Crippen LogP contribution in [0, 0.1) is 52.3 Å². The van der Waals surface area contributed by atoms with Crippen LogP contribution in [0.5, 0.6) is 0 Å². The molecule has 0 saturated heterocycles. The molecule has 4 aliphatic carbocycles. The third kappa shape index (κ3) is 4.73. The van der Waals surface area contributed by atoms with E-state index in [1.54, 1.807) is 0 Å². The van der Waals surface area contributed by atoms with E-state index in [1.807, 2.05) is 0 Å². The Morgan fingerprint density at radius 1 is 0.941 bits per heavy atom. The number of hydrogen-bond acceptors (Lipinski definition) is 3. The Morgan fingerprint density at radius 3 is 2.38 bits per heavy atom. The zero-order valence-electron chi connectivity index (χ0n) is 23.2. The highest BCUT2D eigenvalue weighted by Gasteiger charge is 2.60. The molecule has 1 N–H and O–H groups in total. The standard InChI is InChI=1S/C31H54O3/c1-21(2)31(33,19-20-34-23(4)32)18-14-22(3)26-12-13-27-25-11-10-24-9-7-8-16-29(24,5)28(25)15-17-30(26,27)6/h21-22,24-28,33H,7-20H2,1-6H3/t22-,24?,25+,26-,27+,28+,29+,30-,31+/m1/s1. The van der Waals surface area contributed by atoms with Crippen molar-refractivity contribution in [2.75, 3.05) is 6.61 Å². The Morgan fingerprint density at radius 2 is 1.68 bits per heavy atom. The van der Waals surface area contributed by atoms with Gasteiger partial charge >= 0.3 is 5.97 Å². The third-order valence-electron chi connectivity index (χ3n) is 12.3. The maximum atomic E-state index is 11.4. The predicted octanol–water partition coefficient (Wildman–Crippen LogP) is 7.79.